The highest BCUT2D eigenvalue weighted by molar-refractivity contribution is 5.79. The summed E-state index contributed by atoms with van der Waals surface area (Å²) in [4.78, 5) is 4.37. The van der Waals surface area contributed by atoms with Crippen LogP contribution in [0, 0.1) is 0 Å². The molecule has 1 heterocycles. The van der Waals surface area contributed by atoms with E-state index in [1.165, 1.54) is 0 Å². The molecule has 21 heavy (non-hydrogen) atoms. The molecule has 0 aliphatic carbocycles. The Bertz CT molecular complexity index is 712. The second-order valence-electron chi connectivity index (χ2n) is 4.93. The molecule has 0 bridgehead atoms. The standard InChI is InChI=1S/C18H18N2O/c1-19-13-18(15-6-3-2-4-7-15)21-16-10-9-14-8-5-11-20-17(14)12-16/h2-12,18-19H,13H2,1H3. The summed E-state index contributed by atoms with van der Waals surface area (Å²) in [6, 6.07) is 20.3. The van der Waals surface area contributed by atoms with Crippen molar-refractivity contribution in [1.82, 2.24) is 10.3 Å². The molecule has 3 aromatic rings. The maximum absolute atomic E-state index is 6.15. The van der Waals surface area contributed by atoms with Gasteiger partial charge in [0.15, 0.2) is 0 Å². The van der Waals surface area contributed by atoms with Gasteiger partial charge in [-0.1, -0.05) is 36.4 Å². The van der Waals surface area contributed by atoms with E-state index in [0.717, 1.165) is 28.8 Å². The highest BCUT2D eigenvalue weighted by Crippen LogP contribution is 2.24. The highest BCUT2D eigenvalue weighted by atomic mass is 16.5. The van der Waals surface area contributed by atoms with Gasteiger partial charge in [0, 0.05) is 24.2 Å². The van der Waals surface area contributed by atoms with Crippen molar-refractivity contribution < 1.29 is 4.74 Å². The number of benzene rings is 2. The van der Waals surface area contributed by atoms with Crippen molar-refractivity contribution in [3.8, 4) is 5.75 Å². The maximum Gasteiger partial charge on any atom is 0.136 e. The summed E-state index contributed by atoms with van der Waals surface area (Å²) in [7, 11) is 1.93. The van der Waals surface area contributed by atoms with Crippen LogP contribution in [0.25, 0.3) is 10.9 Å². The van der Waals surface area contributed by atoms with Gasteiger partial charge in [0.05, 0.1) is 5.52 Å². The first-order chi connectivity index (χ1) is 10.4. The predicted molar refractivity (Wildman–Crippen MR) is 85.5 cm³/mol. The third-order valence-electron chi connectivity index (χ3n) is 3.42. The van der Waals surface area contributed by atoms with Crippen molar-refractivity contribution in [2.75, 3.05) is 13.6 Å². The van der Waals surface area contributed by atoms with Gasteiger partial charge in [0.25, 0.3) is 0 Å². The summed E-state index contributed by atoms with van der Waals surface area (Å²) in [6.45, 7) is 0.754. The van der Waals surface area contributed by atoms with Gasteiger partial charge in [-0.05, 0) is 30.8 Å². The van der Waals surface area contributed by atoms with Gasteiger partial charge in [-0.2, -0.15) is 0 Å². The summed E-state index contributed by atoms with van der Waals surface area (Å²) in [6.07, 6.45) is 1.78. The number of hydrogen-bond acceptors (Lipinski definition) is 3. The van der Waals surface area contributed by atoms with Crippen molar-refractivity contribution in [3.63, 3.8) is 0 Å². The van der Waals surface area contributed by atoms with E-state index in [1.54, 1.807) is 6.20 Å². The van der Waals surface area contributed by atoms with E-state index in [0.29, 0.717) is 0 Å². The first kappa shape index (κ1) is 13.6. The molecule has 3 nitrogen and oxygen atoms in total. The zero-order chi connectivity index (χ0) is 14.5. The third kappa shape index (κ3) is 3.20. The number of nitrogens with one attached hydrogen (secondary N) is 1. The van der Waals surface area contributed by atoms with Gasteiger partial charge < -0.3 is 10.1 Å². The van der Waals surface area contributed by atoms with E-state index in [4.69, 9.17) is 4.74 Å². The van der Waals surface area contributed by atoms with Crippen molar-refractivity contribution in [2.24, 2.45) is 0 Å². The first-order valence-electron chi connectivity index (χ1n) is 7.08. The maximum atomic E-state index is 6.15. The summed E-state index contributed by atoms with van der Waals surface area (Å²) < 4.78 is 6.15. The van der Waals surface area contributed by atoms with E-state index in [1.807, 2.05) is 55.6 Å². The van der Waals surface area contributed by atoms with Gasteiger partial charge in [-0.15, -0.1) is 0 Å². The molecule has 3 rings (SSSR count). The molecule has 1 N–H and O–H groups in total. The van der Waals surface area contributed by atoms with Crippen molar-refractivity contribution >= 4 is 10.9 Å². The summed E-state index contributed by atoms with van der Waals surface area (Å²) in [5.74, 6) is 0.838. The van der Waals surface area contributed by atoms with Crippen LogP contribution in [0.3, 0.4) is 0 Å². The molecule has 106 valence electrons. The quantitative estimate of drug-likeness (QED) is 0.774. The van der Waals surface area contributed by atoms with Crippen LogP contribution in [0.4, 0.5) is 0 Å². The summed E-state index contributed by atoms with van der Waals surface area (Å²) in [5, 5.41) is 4.30. The second kappa shape index (κ2) is 6.37. The van der Waals surface area contributed by atoms with E-state index in [9.17, 15) is 0 Å². The average molecular weight is 278 g/mol. The van der Waals surface area contributed by atoms with Crippen LogP contribution in [0.2, 0.25) is 0 Å². The molecule has 1 aromatic heterocycles. The van der Waals surface area contributed by atoms with Crippen LogP contribution in [0.15, 0.2) is 66.9 Å². The molecule has 0 saturated carbocycles. The van der Waals surface area contributed by atoms with Crippen LogP contribution >= 0.6 is 0 Å². The highest BCUT2D eigenvalue weighted by Gasteiger charge is 2.12. The fraction of sp³-hybridized carbons (Fsp3) is 0.167. The molecular weight excluding hydrogens is 260 g/mol. The lowest BCUT2D eigenvalue weighted by molar-refractivity contribution is 0.205. The Morgan fingerprint density at radius 3 is 2.71 bits per heavy atom. The Labute approximate surface area is 124 Å². The van der Waals surface area contributed by atoms with Crippen molar-refractivity contribution in [2.45, 2.75) is 6.10 Å². The topological polar surface area (TPSA) is 34.1 Å². The number of pyridine rings is 1. The predicted octanol–water partition coefficient (Wildman–Crippen LogP) is 3.57. The number of ether oxygens (including phenoxy) is 1. The lowest BCUT2D eigenvalue weighted by atomic mass is 10.1. The average Bonchev–Trinajstić information content (AvgIpc) is 2.55. The molecule has 3 heteroatoms. The minimum atomic E-state index is -0.0163. The Morgan fingerprint density at radius 1 is 1.05 bits per heavy atom. The van der Waals surface area contributed by atoms with E-state index >= 15 is 0 Å². The smallest absolute Gasteiger partial charge is 0.136 e. The fourth-order valence-corrected chi connectivity index (χ4v) is 2.36. The van der Waals surface area contributed by atoms with Gasteiger partial charge >= 0.3 is 0 Å². The lowest BCUT2D eigenvalue weighted by Gasteiger charge is -2.19. The fourth-order valence-electron chi connectivity index (χ4n) is 2.36. The molecule has 0 aliphatic rings. The van der Waals surface area contributed by atoms with Crippen molar-refractivity contribution in [3.05, 3.63) is 72.4 Å². The number of nitrogens with zero attached hydrogens (tertiary/aromatic N) is 1. The van der Waals surface area contributed by atoms with E-state index in [-0.39, 0.29) is 6.10 Å². The number of fused-ring (bicyclic) bond motifs is 1. The lowest BCUT2D eigenvalue weighted by Crippen LogP contribution is -2.21. The third-order valence-corrected chi connectivity index (χ3v) is 3.42. The van der Waals surface area contributed by atoms with Crippen molar-refractivity contribution in [1.29, 1.82) is 0 Å². The molecule has 2 aromatic carbocycles. The van der Waals surface area contributed by atoms with Crippen LogP contribution < -0.4 is 10.1 Å². The molecule has 0 spiro atoms. The normalized spacial score (nSPS) is 12.2. The van der Waals surface area contributed by atoms with Gasteiger partial charge in [0.1, 0.15) is 11.9 Å². The van der Waals surface area contributed by atoms with Crippen LogP contribution in [-0.2, 0) is 0 Å². The molecule has 0 fully saturated rings. The van der Waals surface area contributed by atoms with E-state index < -0.39 is 0 Å². The second-order valence-corrected chi connectivity index (χ2v) is 4.93. The molecule has 0 aliphatic heterocycles. The number of likely N-dealkylation sites (N-methyl/N-ethyl adjacent to an activating group) is 1. The summed E-state index contributed by atoms with van der Waals surface area (Å²) in [5.41, 5.74) is 2.11. The zero-order valence-electron chi connectivity index (χ0n) is 12.0. The van der Waals surface area contributed by atoms with Gasteiger partial charge in [-0.3, -0.25) is 4.98 Å². The Balaban J connectivity index is 1.87. The van der Waals surface area contributed by atoms with E-state index in [2.05, 4.69) is 22.4 Å². The van der Waals surface area contributed by atoms with Crippen LogP contribution in [0.1, 0.15) is 11.7 Å². The number of aromatic nitrogens is 1. The summed E-state index contributed by atoms with van der Waals surface area (Å²) >= 11 is 0. The first-order valence-corrected chi connectivity index (χ1v) is 7.08. The minimum Gasteiger partial charge on any atom is -0.484 e. The SMILES string of the molecule is CNCC(Oc1ccc2cccnc2c1)c1ccccc1. The monoisotopic (exact) mass is 278 g/mol. The molecular formula is C18H18N2O. The Kier molecular flexibility index (Phi) is 4.12. The molecule has 0 saturated heterocycles. The number of rotatable bonds is 5. The van der Waals surface area contributed by atoms with Gasteiger partial charge in [0.2, 0.25) is 0 Å². The number of hydrogen-bond donors (Lipinski definition) is 1. The Hall–Kier alpha value is -2.39. The zero-order valence-corrected chi connectivity index (χ0v) is 12.0. The molecule has 1 atom stereocenters. The molecule has 0 radical (unpaired) electrons. The van der Waals surface area contributed by atoms with Crippen LogP contribution in [-0.4, -0.2) is 18.6 Å². The molecule has 1 unspecified atom stereocenters. The minimum absolute atomic E-state index is 0.0163. The van der Waals surface area contributed by atoms with Gasteiger partial charge in [-0.25, -0.2) is 0 Å². The van der Waals surface area contributed by atoms with Crippen LogP contribution in [0.5, 0.6) is 5.75 Å². The largest absolute Gasteiger partial charge is 0.484 e. The Morgan fingerprint density at radius 2 is 1.90 bits per heavy atom. The molecule has 0 amide bonds.